The summed E-state index contributed by atoms with van der Waals surface area (Å²) in [6.45, 7) is 4.01. The predicted molar refractivity (Wildman–Crippen MR) is 75.6 cm³/mol. The number of hydrogen-bond acceptors (Lipinski definition) is 3. The molecule has 2 rings (SSSR count). The normalized spacial score (nSPS) is 12.1. The topological polar surface area (TPSA) is 67.6 Å². The van der Waals surface area contributed by atoms with Gasteiger partial charge in [0, 0.05) is 6.42 Å². The van der Waals surface area contributed by atoms with E-state index in [4.69, 9.17) is 5.73 Å². The molecule has 2 aromatic rings. The first-order valence-electron chi connectivity index (χ1n) is 6.58. The minimum Gasteiger partial charge on any atom is -0.383 e. The lowest BCUT2D eigenvalue weighted by atomic mass is 10.1. The third-order valence-corrected chi connectivity index (χ3v) is 3.46. The van der Waals surface area contributed by atoms with Gasteiger partial charge >= 0.3 is 0 Å². The number of rotatable bonds is 4. The third-order valence-electron chi connectivity index (χ3n) is 3.46. The summed E-state index contributed by atoms with van der Waals surface area (Å²) in [6, 6.07) is 8.67. The van der Waals surface area contributed by atoms with E-state index in [2.05, 4.69) is 11.2 Å². The molecule has 1 aromatic carbocycles. The molecule has 20 heavy (non-hydrogen) atoms. The highest BCUT2D eigenvalue weighted by Gasteiger charge is 2.19. The van der Waals surface area contributed by atoms with Crippen LogP contribution in [0.4, 0.5) is 10.2 Å². The van der Waals surface area contributed by atoms with Crippen molar-refractivity contribution >= 4 is 5.82 Å². The van der Waals surface area contributed by atoms with Crippen LogP contribution in [0.25, 0.3) is 0 Å². The molecule has 0 bridgehead atoms. The molecule has 4 nitrogen and oxygen atoms in total. The molecule has 0 aliphatic rings. The molecule has 0 amide bonds. The van der Waals surface area contributed by atoms with Crippen LogP contribution in [0.3, 0.4) is 0 Å². The zero-order chi connectivity index (χ0) is 14.7. The van der Waals surface area contributed by atoms with Gasteiger partial charge in [-0.1, -0.05) is 25.1 Å². The summed E-state index contributed by atoms with van der Waals surface area (Å²) in [4.78, 5) is 0. The summed E-state index contributed by atoms with van der Waals surface area (Å²) in [5.41, 5.74) is 7.34. The molecular weight excluding hydrogens is 255 g/mol. The van der Waals surface area contributed by atoms with E-state index in [9.17, 15) is 9.65 Å². The second-order valence-electron chi connectivity index (χ2n) is 4.79. The molecule has 0 radical (unpaired) electrons. The summed E-state index contributed by atoms with van der Waals surface area (Å²) in [7, 11) is 0. The average molecular weight is 272 g/mol. The Morgan fingerprint density at radius 1 is 1.45 bits per heavy atom. The van der Waals surface area contributed by atoms with E-state index in [1.807, 2.05) is 13.8 Å². The van der Waals surface area contributed by atoms with Crippen molar-refractivity contribution in [2.75, 3.05) is 5.73 Å². The maximum atomic E-state index is 13.7. The van der Waals surface area contributed by atoms with Gasteiger partial charge in [0.25, 0.3) is 0 Å². The molecule has 1 heterocycles. The van der Waals surface area contributed by atoms with Gasteiger partial charge in [-0.15, -0.1) is 0 Å². The van der Waals surface area contributed by atoms with Crippen LogP contribution in [0.2, 0.25) is 0 Å². The molecular formula is C15H17FN4. The maximum Gasteiger partial charge on any atom is 0.140 e. The van der Waals surface area contributed by atoms with Crippen molar-refractivity contribution in [3.8, 4) is 6.07 Å². The zero-order valence-electron chi connectivity index (χ0n) is 11.6. The third kappa shape index (κ3) is 2.50. The van der Waals surface area contributed by atoms with E-state index >= 15 is 0 Å². The van der Waals surface area contributed by atoms with Crippen LogP contribution in [-0.2, 0) is 6.42 Å². The van der Waals surface area contributed by atoms with Crippen LogP contribution in [-0.4, -0.2) is 9.78 Å². The van der Waals surface area contributed by atoms with Gasteiger partial charge in [-0.2, -0.15) is 10.4 Å². The molecule has 2 N–H and O–H groups in total. The molecule has 1 atom stereocenters. The van der Waals surface area contributed by atoms with E-state index < -0.39 is 0 Å². The van der Waals surface area contributed by atoms with Crippen LogP contribution < -0.4 is 5.73 Å². The highest BCUT2D eigenvalue weighted by molar-refractivity contribution is 5.53. The van der Waals surface area contributed by atoms with Gasteiger partial charge < -0.3 is 5.73 Å². The number of halogens is 1. The van der Waals surface area contributed by atoms with E-state index in [1.165, 1.54) is 6.07 Å². The van der Waals surface area contributed by atoms with E-state index in [0.717, 1.165) is 6.42 Å². The molecule has 0 saturated carbocycles. The standard InChI is InChI=1S/C15H17FN4/c1-3-10(2)20-15(18)12(9-17)14(19-20)8-11-6-4-5-7-13(11)16/h4-7,10H,3,8,18H2,1-2H3/t10-/m1/s1. The lowest BCUT2D eigenvalue weighted by molar-refractivity contribution is 0.481. The highest BCUT2D eigenvalue weighted by Crippen LogP contribution is 2.24. The Balaban J connectivity index is 2.43. The number of nitrogens with two attached hydrogens (primary N) is 1. The van der Waals surface area contributed by atoms with Gasteiger partial charge in [0.15, 0.2) is 0 Å². The summed E-state index contributed by atoms with van der Waals surface area (Å²) >= 11 is 0. The van der Waals surface area contributed by atoms with Crippen LogP contribution >= 0.6 is 0 Å². The number of hydrogen-bond donors (Lipinski definition) is 1. The lowest BCUT2D eigenvalue weighted by Gasteiger charge is -2.10. The van der Waals surface area contributed by atoms with E-state index in [0.29, 0.717) is 22.6 Å². The van der Waals surface area contributed by atoms with Gasteiger partial charge in [-0.05, 0) is 25.0 Å². The molecule has 104 valence electrons. The Labute approximate surface area is 117 Å². The van der Waals surface area contributed by atoms with Crippen LogP contribution in [0.1, 0.15) is 43.1 Å². The Morgan fingerprint density at radius 2 is 2.15 bits per heavy atom. The molecule has 5 heteroatoms. The molecule has 0 saturated heterocycles. The molecule has 0 unspecified atom stereocenters. The van der Waals surface area contributed by atoms with Crippen LogP contribution in [0.15, 0.2) is 24.3 Å². The lowest BCUT2D eigenvalue weighted by Crippen LogP contribution is -2.09. The van der Waals surface area contributed by atoms with E-state index in [-0.39, 0.29) is 18.3 Å². The van der Waals surface area contributed by atoms with Crippen molar-refractivity contribution in [1.29, 1.82) is 5.26 Å². The Kier molecular flexibility index (Phi) is 4.04. The monoisotopic (exact) mass is 272 g/mol. The van der Waals surface area contributed by atoms with Crippen molar-refractivity contribution < 1.29 is 4.39 Å². The predicted octanol–water partition coefficient (Wildman–Crippen LogP) is 3.04. The van der Waals surface area contributed by atoms with Gasteiger partial charge in [0.05, 0.1) is 11.7 Å². The van der Waals surface area contributed by atoms with Crippen molar-refractivity contribution in [2.45, 2.75) is 32.7 Å². The maximum absolute atomic E-state index is 13.7. The fourth-order valence-corrected chi connectivity index (χ4v) is 2.07. The molecule has 0 aliphatic heterocycles. The fourth-order valence-electron chi connectivity index (χ4n) is 2.07. The first kappa shape index (κ1) is 14.1. The number of benzene rings is 1. The van der Waals surface area contributed by atoms with Gasteiger partial charge in [0.2, 0.25) is 0 Å². The number of nitriles is 1. The summed E-state index contributed by atoms with van der Waals surface area (Å²) < 4.78 is 15.3. The van der Waals surface area contributed by atoms with Gasteiger partial charge in [-0.3, -0.25) is 0 Å². The van der Waals surface area contributed by atoms with Crippen molar-refractivity contribution in [1.82, 2.24) is 9.78 Å². The number of anilines is 1. The smallest absolute Gasteiger partial charge is 0.140 e. The second-order valence-corrected chi connectivity index (χ2v) is 4.79. The zero-order valence-corrected chi connectivity index (χ0v) is 11.6. The molecule has 1 aromatic heterocycles. The van der Waals surface area contributed by atoms with Crippen molar-refractivity contribution in [3.05, 3.63) is 46.9 Å². The van der Waals surface area contributed by atoms with E-state index in [1.54, 1.807) is 22.9 Å². The van der Waals surface area contributed by atoms with Gasteiger partial charge in [-0.25, -0.2) is 9.07 Å². The first-order valence-corrected chi connectivity index (χ1v) is 6.58. The Morgan fingerprint density at radius 3 is 2.75 bits per heavy atom. The SMILES string of the molecule is CC[C@@H](C)n1nc(Cc2ccccc2F)c(C#N)c1N. The van der Waals surface area contributed by atoms with Crippen molar-refractivity contribution in [3.63, 3.8) is 0 Å². The average Bonchev–Trinajstić information content (AvgIpc) is 2.76. The quantitative estimate of drug-likeness (QED) is 0.930. The first-order chi connectivity index (χ1) is 9.58. The highest BCUT2D eigenvalue weighted by atomic mass is 19.1. The summed E-state index contributed by atoms with van der Waals surface area (Å²) in [6.07, 6.45) is 1.12. The molecule has 0 fully saturated rings. The largest absolute Gasteiger partial charge is 0.383 e. The minimum atomic E-state index is -0.298. The molecule has 0 aliphatic carbocycles. The summed E-state index contributed by atoms with van der Waals surface area (Å²) in [5, 5.41) is 13.6. The molecule has 0 spiro atoms. The van der Waals surface area contributed by atoms with Crippen molar-refractivity contribution in [2.24, 2.45) is 0 Å². The summed E-state index contributed by atoms with van der Waals surface area (Å²) in [5.74, 6) is 0.0567. The minimum absolute atomic E-state index is 0.108. The number of nitrogen functional groups attached to an aromatic ring is 1. The number of aromatic nitrogens is 2. The number of nitrogens with zero attached hydrogens (tertiary/aromatic N) is 3. The fraction of sp³-hybridized carbons (Fsp3) is 0.333. The van der Waals surface area contributed by atoms with Gasteiger partial charge in [0.1, 0.15) is 23.3 Å². The second kappa shape index (κ2) is 5.74. The van der Waals surface area contributed by atoms with Crippen LogP contribution in [0.5, 0.6) is 0 Å². The Bertz CT molecular complexity index is 654. The van der Waals surface area contributed by atoms with Crippen LogP contribution in [0, 0.1) is 17.1 Å². The Hall–Kier alpha value is -2.35.